The molecule has 1 rings (SSSR count). The lowest BCUT2D eigenvalue weighted by atomic mass is 9.90. The van der Waals surface area contributed by atoms with Gasteiger partial charge in [0.2, 0.25) is 0 Å². The SMILES string of the molecule is Cc1ccc(F)cc1C(=O)C(C)(C)N(C)C. The van der Waals surface area contributed by atoms with Crippen LogP contribution in [0.1, 0.15) is 29.8 Å². The van der Waals surface area contributed by atoms with Crippen LogP contribution in [0.5, 0.6) is 0 Å². The van der Waals surface area contributed by atoms with E-state index in [4.69, 9.17) is 0 Å². The first-order chi connectivity index (χ1) is 7.26. The molecule has 0 amide bonds. The summed E-state index contributed by atoms with van der Waals surface area (Å²) in [5.74, 6) is -0.432. The zero-order valence-electron chi connectivity index (χ0n) is 10.5. The predicted octanol–water partition coefficient (Wildman–Crippen LogP) is 2.66. The number of Topliss-reactive ketones (excluding diaryl/α,β-unsaturated/α-hetero) is 1. The minimum Gasteiger partial charge on any atom is -0.297 e. The maximum atomic E-state index is 13.1. The minimum atomic E-state index is -0.626. The van der Waals surface area contributed by atoms with E-state index in [0.29, 0.717) is 5.56 Å². The molecule has 0 unspecified atom stereocenters. The Labute approximate surface area is 96.1 Å². The second kappa shape index (κ2) is 4.34. The van der Waals surface area contributed by atoms with Gasteiger partial charge >= 0.3 is 0 Å². The summed E-state index contributed by atoms with van der Waals surface area (Å²) in [6.45, 7) is 5.48. The third-order valence-corrected chi connectivity index (χ3v) is 3.12. The van der Waals surface area contributed by atoms with Crippen LogP contribution in [0, 0.1) is 12.7 Å². The number of hydrogen-bond acceptors (Lipinski definition) is 2. The molecule has 16 heavy (non-hydrogen) atoms. The molecular weight excluding hydrogens is 205 g/mol. The van der Waals surface area contributed by atoms with E-state index in [9.17, 15) is 9.18 Å². The molecule has 0 atom stereocenters. The molecule has 0 aliphatic heterocycles. The number of halogens is 1. The summed E-state index contributed by atoms with van der Waals surface area (Å²) in [6, 6.07) is 4.31. The highest BCUT2D eigenvalue weighted by Crippen LogP contribution is 2.21. The molecule has 0 saturated heterocycles. The van der Waals surface area contributed by atoms with Gasteiger partial charge in [0, 0.05) is 5.56 Å². The average molecular weight is 223 g/mol. The maximum Gasteiger partial charge on any atom is 0.182 e. The molecule has 1 aromatic carbocycles. The predicted molar refractivity (Wildman–Crippen MR) is 63.2 cm³/mol. The Morgan fingerprint density at radius 2 is 1.88 bits per heavy atom. The zero-order chi connectivity index (χ0) is 12.5. The van der Waals surface area contributed by atoms with Crippen LogP contribution >= 0.6 is 0 Å². The van der Waals surface area contributed by atoms with E-state index in [1.54, 1.807) is 6.07 Å². The van der Waals surface area contributed by atoms with Crippen LogP contribution in [0.3, 0.4) is 0 Å². The largest absolute Gasteiger partial charge is 0.297 e. The number of likely N-dealkylation sites (N-methyl/N-ethyl adjacent to an activating group) is 1. The van der Waals surface area contributed by atoms with Crippen molar-refractivity contribution in [2.45, 2.75) is 26.3 Å². The lowest BCUT2D eigenvalue weighted by molar-refractivity contribution is 0.0754. The fourth-order valence-electron chi connectivity index (χ4n) is 1.37. The second-order valence-electron chi connectivity index (χ2n) is 4.74. The Hall–Kier alpha value is -1.22. The van der Waals surface area contributed by atoms with E-state index >= 15 is 0 Å². The van der Waals surface area contributed by atoms with Crippen LogP contribution in [-0.4, -0.2) is 30.3 Å². The molecule has 0 aliphatic carbocycles. The van der Waals surface area contributed by atoms with Gasteiger partial charge in [-0.25, -0.2) is 4.39 Å². The van der Waals surface area contributed by atoms with Gasteiger partial charge in [0.05, 0.1) is 5.54 Å². The van der Waals surface area contributed by atoms with Crippen LogP contribution in [0.25, 0.3) is 0 Å². The zero-order valence-corrected chi connectivity index (χ0v) is 10.5. The number of benzene rings is 1. The van der Waals surface area contributed by atoms with Crippen molar-refractivity contribution in [2.24, 2.45) is 0 Å². The Morgan fingerprint density at radius 3 is 2.38 bits per heavy atom. The summed E-state index contributed by atoms with van der Waals surface area (Å²) in [5.41, 5.74) is 0.637. The van der Waals surface area contributed by atoms with Gasteiger partial charge in [-0.3, -0.25) is 9.69 Å². The van der Waals surface area contributed by atoms with Crippen LogP contribution in [0.2, 0.25) is 0 Å². The minimum absolute atomic E-state index is 0.0606. The van der Waals surface area contributed by atoms with E-state index in [0.717, 1.165) is 5.56 Å². The van der Waals surface area contributed by atoms with Crippen molar-refractivity contribution in [2.75, 3.05) is 14.1 Å². The molecule has 0 bridgehead atoms. The summed E-state index contributed by atoms with van der Waals surface area (Å²) in [4.78, 5) is 14.1. The van der Waals surface area contributed by atoms with Gasteiger partial charge in [0.15, 0.2) is 5.78 Å². The lowest BCUT2D eigenvalue weighted by Crippen LogP contribution is -2.45. The van der Waals surface area contributed by atoms with Crippen LogP contribution < -0.4 is 0 Å². The highest BCUT2D eigenvalue weighted by atomic mass is 19.1. The smallest absolute Gasteiger partial charge is 0.182 e. The molecular formula is C13H18FNO. The summed E-state index contributed by atoms with van der Waals surface area (Å²) in [6.07, 6.45) is 0. The van der Waals surface area contributed by atoms with Crippen molar-refractivity contribution < 1.29 is 9.18 Å². The van der Waals surface area contributed by atoms with Gasteiger partial charge in [-0.1, -0.05) is 6.07 Å². The normalized spacial score (nSPS) is 11.9. The van der Waals surface area contributed by atoms with Crippen LogP contribution in [0.15, 0.2) is 18.2 Å². The first kappa shape index (κ1) is 12.8. The Kier molecular flexibility index (Phi) is 3.48. The van der Waals surface area contributed by atoms with E-state index < -0.39 is 5.54 Å². The summed E-state index contributed by atoms with van der Waals surface area (Å²) in [7, 11) is 3.68. The Balaban J connectivity index is 3.19. The monoisotopic (exact) mass is 223 g/mol. The summed E-state index contributed by atoms with van der Waals surface area (Å²) < 4.78 is 13.1. The number of hydrogen-bond donors (Lipinski definition) is 0. The van der Waals surface area contributed by atoms with Gasteiger partial charge in [0.1, 0.15) is 5.82 Å². The molecule has 1 aromatic rings. The van der Waals surface area contributed by atoms with Gasteiger partial charge in [-0.15, -0.1) is 0 Å². The van der Waals surface area contributed by atoms with Crippen molar-refractivity contribution in [3.63, 3.8) is 0 Å². The number of nitrogens with zero attached hydrogens (tertiary/aromatic N) is 1. The molecule has 2 nitrogen and oxygen atoms in total. The van der Waals surface area contributed by atoms with Crippen LogP contribution in [-0.2, 0) is 0 Å². The van der Waals surface area contributed by atoms with Crippen molar-refractivity contribution in [3.05, 3.63) is 35.1 Å². The highest BCUT2D eigenvalue weighted by Gasteiger charge is 2.31. The third kappa shape index (κ3) is 2.30. The molecule has 0 spiro atoms. The first-order valence-corrected chi connectivity index (χ1v) is 5.25. The number of carbonyl (C=O) groups excluding carboxylic acids is 1. The van der Waals surface area contributed by atoms with E-state index in [2.05, 4.69) is 0 Å². The van der Waals surface area contributed by atoms with Crippen molar-refractivity contribution in [3.8, 4) is 0 Å². The number of aryl methyl sites for hydroxylation is 1. The molecule has 0 aliphatic rings. The molecule has 88 valence electrons. The fourth-order valence-corrected chi connectivity index (χ4v) is 1.37. The molecule has 0 radical (unpaired) electrons. The highest BCUT2D eigenvalue weighted by molar-refractivity contribution is 6.03. The van der Waals surface area contributed by atoms with E-state index in [1.807, 2.05) is 39.8 Å². The van der Waals surface area contributed by atoms with Gasteiger partial charge < -0.3 is 0 Å². The number of carbonyl (C=O) groups is 1. The van der Waals surface area contributed by atoms with E-state index in [1.165, 1.54) is 12.1 Å². The van der Waals surface area contributed by atoms with Crippen molar-refractivity contribution in [1.29, 1.82) is 0 Å². The standard InChI is InChI=1S/C13H18FNO/c1-9-6-7-10(14)8-11(9)12(16)13(2,3)15(4)5/h6-8H,1-5H3. The number of ketones is 1. The van der Waals surface area contributed by atoms with Gasteiger partial charge in [0.25, 0.3) is 0 Å². The topological polar surface area (TPSA) is 20.3 Å². The Bertz CT molecular complexity index is 410. The molecule has 0 saturated carbocycles. The molecule has 3 heteroatoms. The van der Waals surface area contributed by atoms with E-state index in [-0.39, 0.29) is 11.6 Å². The lowest BCUT2D eigenvalue weighted by Gasteiger charge is -2.31. The van der Waals surface area contributed by atoms with Crippen LogP contribution in [0.4, 0.5) is 4.39 Å². The maximum absolute atomic E-state index is 13.1. The van der Waals surface area contributed by atoms with Gasteiger partial charge in [-0.2, -0.15) is 0 Å². The van der Waals surface area contributed by atoms with Crippen molar-refractivity contribution in [1.82, 2.24) is 4.90 Å². The summed E-state index contributed by atoms with van der Waals surface area (Å²) in [5, 5.41) is 0. The molecule has 0 N–H and O–H groups in total. The third-order valence-electron chi connectivity index (χ3n) is 3.12. The number of rotatable bonds is 3. The fraction of sp³-hybridized carbons (Fsp3) is 0.462. The summed E-state index contributed by atoms with van der Waals surface area (Å²) >= 11 is 0. The second-order valence-corrected chi connectivity index (χ2v) is 4.74. The molecule has 0 aromatic heterocycles. The van der Waals surface area contributed by atoms with Crippen molar-refractivity contribution >= 4 is 5.78 Å². The first-order valence-electron chi connectivity index (χ1n) is 5.25. The Morgan fingerprint density at radius 1 is 1.31 bits per heavy atom. The quantitative estimate of drug-likeness (QED) is 0.734. The average Bonchev–Trinajstić information content (AvgIpc) is 2.20. The van der Waals surface area contributed by atoms with Gasteiger partial charge in [-0.05, 0) is 52.6 Å². The molecule has 0 fully saturated rings. The molecule has 0 heterocycles.